The number of ether oxygens (including phenoxy) is 1. The number of rotatable bonds is 2. The molecule has 0 saturated carbocycles. The van der Waals surface area contributed by atoms with Crippen LogP contribution in [0.3, 0.4) is 0 Å². The van der Waals surface area contributed by atoms with E-state index in [4.69, 9.17) is 4.74 Å². The molecule has 0 saturated heterocycles. The van der Waals surface area contributed by atoms with Gasteiger partial charge in [0.2, 0.25) is 0 Å². The maximum Gasteiger partial charge on any atom is 0.348 e. The average molecular weight is 430 g/mol. The second-order valence-corrected chi connectivity index (χ2v) is 7.45. The second kappa shape index (κ2) is 7.42. The van der Waals surface area contributed by atoms with Gasteiger partial charge in [0, 0.05) is 0 Å². The Hall–Kier alpha value is -4.78. The number of carbonyl (C=O) groups excluding carboxylic acids is 2. The molecule has 6 rings (SSSR count). The van der Waals surface area contributed by atoms with E-state index >= 15 is 0 Å². The van der Waals surface area contributed by atoms with Crippen LogP contribution in [0, 0.1) is 0 Å². The van der Waals surface area contributed by atoms with E-state index in [-0.39, 0.29) is 11.1 Å². The largest absolute Gasteiger partial charge is 0.386 e. The highest BCUT2D eigenvalue weighted by molar-refractivity contribution is 6.12. The number of para-hydroxylation sites is 6. The molecule has 0 amide bonds. The lowest BCUT2D eigenvalue weighted by molar-refractivity contribution is 0.0400. The maximum atomic E-state index is 13.0. The lowest BCUT2D eigenvalue weighted by atomic mass is 10.1. The number of esters is 2. The third kappa shape index (κ3) is 3.23. The summed E-state index contributed by atoms with van der Waals surface area (Å²) in [6.07, 6.45) is 0. The van der Waals surface area contributed by atoms with E-state index in [0.717, 1.165) is 0 Å². The molecule has 33 heavy (non-hydrogen) atoms. The molecule has 0 bridgehead atoms. The van der Waals surface area contributed by atoms with Crippen molar-refractivity contribution >= 4 is 56.1 Å². The fourth-order valence-electron chi connectivity index (χ4n) is 3.81. The van der Waals surface area contributed by atoms with E-state index in [1.54, 1.807) is 36.4 Å². The molecule has 4 aromatic carbocycles. The first-order valence-corrected chi connectivity index (χ1v) is 10.2. The van der Waals surface area contributed by atoms with Crippen molar-refractivity contribution in [2.24, 2.45) is 0 Å². The third-order valence-corrected chi connectivity index (χ3v) is 5.36. The normalized spacial score (nSPS) is 11.3. The van der Waals surface area contributed by atoms with Gasteiger partial charge in [-0.1, -0.05) is 36.4 Å². The molecule has 6 aromatic rings. The zero-order valence-electron chi connectivity index (χ0n) is 17.1. The summed E-state index contributed by atoms with van der Waals surface area (Å²) >= 11 is 0. The Morgan fingerprint density at radius 2 is 0.818 bits per heavy atom. The monoisotopic (exact) mass is 430 g/mol. The minimum atomic E-state index is -0.805. The molecule has 0 aliphatic heterocycles. The number of nitrogens with zero attached hydrogens (tertiary/aromatic N) is 4. The van der Waals surface area contributed by atoms with Crippen LogP contribution in [0.5, 0.6) is 0 Å². The summed E-state index contributed by atoms with van der Waals surface area (Å²) in [6.45, 7) is 0. The van der Waals surface area contributed by atoms with Gasteiger partial charge in [-0.2, -0.15) is 0 Å². The fraction of sp³-hybridized carbons (Fsp3) is 0. The smallest absolute Gasteiger partial charge is 0.348 e. The zero-order chi connectivity index (χ0) is 22.4. The Morgan fingerprint density at radius 1 is 0.455 bits per heavy atom. The first-order valence-electron chi connectivity index (χ1n) is 10.2. The molecule has 0 aliphatic carbocycles. The van der Waals surface area contributed by atoms with Crippen LogP contribution in [0.4, 0.5) is 0 Å². The quantitative estimate of drug-likeness (QED) is 0.220. The Bertz CT molecular complexity index is 1620. The second-order valence-electron chi connectivity index (χ2n) is 7.45. The maximum absolute atomic E-state index is 13.0. The predicted octanol–water partition coefficient (Wildman–Crippen LogP) is 4.88. The van der Waals surface area contributed by atoms with Crippen LogP contribution in [0.25, 0.3) is 44.1 Å². The molecule has 2 aromatic heterocycles. The molecular weight excluding hydrogens is 416 g/mol. The summed E-state index contributed by atoms with van der Waals surface area (Å²) in [7, 11) is 0. The van der Waals surface area contributed by atoms with Crippen LogP contribution in [-0.2, 0) is 4.74 Å². The van der Waals surface area contributed by atoms with Crippen molar-refractivity contribution in [3.63, 3.8) is 0 Å². The van der Waals surface area contributed by atoms with E-state index in [9.17, 15) is 9.59 Å². The minimum absolute atomic E-state index is 0.163. The average Bonchev–Trinajstić information content (AvgIpc) is 2.85. The zero-order valence-corrected chi connectivity index (χ0v) is 17.1. The van der Waals surface area contributed by atoms with Crippen molar-refractivity contribution in [3.05, 3.63) is 96.1 Å². The van der Waals surface area contributed by atoms with Gasteiger partial charge in [0.05, 0.1) is 44.2 Å². The number of carbonyl (C=O) groups is 2. The van der Waals surface area contributed by atoms with Gasteiger partial charge in [-0.05, 0) is 48.5 Å². The molecule has 0 unspecified atom stereocenters. The highest BCUT2D eigenvalue weighted by atomic mass is 16.6. The van der Waals surface area contributed by atoms with Crippen molar-refractivity contribution < 1.29 is 14.3 Å². The Labute approximate surface area is 186 Å². The number of fused-ring (bicyclic) bond motifs is 4. The number of aromatic nitrogens is 4. The summed E-state index contributed by atoms with van der Waals surface area (Å²) in [4.78, 5) is 44.2. The van der Waals surface area contributed by atoms with Gasteiger partial charge >= 0.3 is 11.9 Å². The van der Waals surface area contributed by atoms with Crippen molar-refractivity contribution in [2.45, 2.75) is 0 Å². The van der Waals surface area contributed by atoms with Crippen molar-refractivity contribution in [1.82, 2.24) is 19.9 Å². The van der Waals surface area contributed by atoms with Crippen LogP contribution < -0.4 is 0 Å². The first-order chi connectivity index (χ1) is 16.2. The highest BCUT2D eigenvalue weighted by Gasteiger charge is 2.21. The molecule has 7 heteroatoms. The first kappa shape index (κ1) is 18.9. The molecule has 2 heterocycles. The third-order valence-electron chi connectivity index (χ3n) is 5.36. The van der Waals surface area contributed by atoms with Crippen LogP contribution in [0.1, 0.15) is 20.7 Å². The summed E-state index contributed by atoms with van der Waals surface area (Å²) in [5.74, 6) is -1.61. The molecule has 0 fully saturated rings. The van der Waals surface area contributed by atoms with E-state index < -0.39 is 11.9 Å². The molecule has 0 aliphatic rings. The lowest BCUT2D eigenvalue weighted by Gasteiger charge is -2.08. The Kier molecular flexibility index (Phi) is 4.26. The minimum Gasteiger partial charge on any atom is -0.386 e. The Balaban J connectivity index is 1.40. The summed E-state index contributed by atoms with van der Waals surface area (Å²) in [5, 5.41) is 0. The Morgan fingerprint density at radius 3 is 1.24 bits per heavy atom. The van der Waals surface area contributed by atoms with Gasteiger partial charge in [0.25, 0.3) is 0 Å². The molecule has 0 spiro atoms. The number of benzene rings is 4. The highest BCUT2D eigenvalue weighted by Crippen LogP contribution is 2.23. The number of hydrogen-bond acceptors (Lipinski definition) is 7. The van der Waals surface area contributed by atoms with Gasteiger partial charge < -0.3 is 4.74 Å². The molecule has 156 valence electrons. The van der Waals surface area contributed by atoms with Crippen molar-refractivity contribution in [1.29, 1.82) is 0 Å². The molecule has 0 N–H and O–H groups in total. The summed E-state index contributed by atoms with van der Waals surface area (Å²) in [6, 6.07) is 24.8. The van der Waals surface area contributed by atoms with E-state index in [2.05, 4.69) is 19.9 Å². The van der Waals surface area contributed by atoms with E-state index in [1.165, 1.54) is 0 Å². The summed E-state index contributed by atoms with van der Waals surface area (Å²) in [5.41, 5.74) is 4.88. The van der Waals surface area contributed by atoms with Gasteiger partial charge in [0.1, 0.15) is 11.0 Å². The molecule has 0 atom stereocenters. The molecular formula is C26H14N4O3. The van der Waals surface area contributed by atoms with Crippen LogP contribution in [-0.4, -0.2) is 31.9 Å². The predicted molar refractivity (Wildman–Crippen MR) is 124 cm³/mol. The van der Waals surface area contributed by atoms with E-state index in [1.807, 2.05) is 48.5 Å². The van der Waals surface area contributed by atoms with Gasteiger partial charge in [-0.15, -0.1) is 0 Å². The van der Waals surface area contributed by atoms with Gasteiger partial charge in [-0.3, -0.25) is 0 Å². The van der Waals surface area contributed by atoms with Crippen LogP contribution in [0.2, 0.25) is 0 Å². The van der Waals surface area contributed by atoms with E-state index in [0.29, 0.717) is 44.1 Å². The SMILES string of the molecule is O=C(OC(=O)c1cccc2nc3ccccc3nc12)c1cccc2nc3ccccc3nc12. The van der Waals surface area contributed by atoms with Crippen LogP contribution in [0.15, 0.2) is 84.9 Å². The number of hydrogen-bond donors (Lipinski definition) is 0. The molecule has 0 radical (unpaired) electrons. The van der Waals surface area contributed by atoms with Crippen molar-refractivity contribution in [3.8, 4) is 0 Å². The van der Waals surface area contributed by atoms with Crippen molar-refractivity contribution in [2.75, 3.05) is 0 Å². The van der Waals surface area contributed by atoms with Gasteiger partial charge in [0.15, 0.2) is 0 Å². The van der Waals surface area contributed by atoms with Crippen LogP contribution >= 0.6 is 0 Å². The lowest BCUT2D eigenvalue weighted by Crippen LogP contribution is -2.14. The fourth-order valence-corrected chi connectivity index (χ4v) is 3.81. The standard InChI is InChI=1S/C26H14N4O3/c31-25(15-7-5-13-21-23(15)29-19-11-3-1-9-17(19)27-21)33-26(32)16-8-6-14-22-24(16)30-20-12-4-2-10-18(20)28-22/h1-14H. The topological polar surface area (TPSA) is 94.9 Å². The summed E-state index contributed by atoms with van der Waals surface area (Å²) < 4.78 is 5.25. The molecule has 7 nitrogen and oxygen atoms in total. The van der Waals surface area contributed by atoms with Gasteiger partial charge in [-0.25, -0.2) is 29.5 Å².